The first-order valence-electron chi connectivity index (χ1n) is 9.74. The van der Waals surface area contributed by atoms with Crippen LogP contribution in [0.4, 0.5) is 0 Å². The summed E-state index contributed by atoms with van der Waals surface area (Å²) < 4.78 is 5.36. The molecule has 0 unspecified atom stereocenters. The predicted molar refractivity (Wildman–Crippen MR) is 118 cm³/mol. The van der Waals surface area contributed by atoms with Gasteiger partial charge < -0.3 is 19.5 Å². The molecule has 8 heteroatoms. The summed E-state index contributed by atoms with van der Waals surface area (Å²) in [4.78, 5) is 23.4. The smallest absolute Gasteiger partial charge is 0.236 e. The molecule has 0 saturated carbocycles. The topological polar surface area (TPSA) is 64.3 Å². The van der Waals surface area contributed by atoms with E-state index < -0.39 is 0 Å². The van der Waals surface area contributed by atoms with Crippen LogP contribution in [-0.4, -0.2) is 86.0 Å². The number of furan rings is 1. The summed E-state index contributed by atoms with van der Waals surface area (Å²) in [6, 6.07) is 3.90. The van der Waals surface area contributed by atoms with E-state index in [9.17, 15) is 4.79 Å². The highest BCUT2D eigenvalue weighted by Gasteiger charge is 2.23. The van der Waals surface area contributed by atoms with Crippen LogP contribution >= 0.6 is 24.0 Å². The van der Waals surface area contributed by atoms with Gasteiger partial charge in [-0.25, -0.2) is 0 Å². The third-order valence-electron chi connectivity index (χ3n) is 5.19. The molecule has 1 N–H and O–H groups in total. The Morgan fingerprint density at radius 3 is 2.48 bits per heavy atom. The van der Waals surface area contributed by atoms with Gasteiger partial charge >= 0.3 is 0 Å². The lowest BCUT2D eigenvalue weighted by Crippen LogP contribution is -2.54. The zero-order valence-electron chi connectivity index (χ0n) is 16.2. The lowest BCUT2D eigenvalue weighted by atomic mass is 10.1. The summed E-state index contributed by atoms with van der Waals surface area (Å²) in [6.07, 6.45) is 6.11. The molecule has 2 fully saturated rings. The molecular weight excluding hydrogens is 457 g/mol. The van der Waals surface area contributed by atoms with Crippen molar-refractivity contribution in [2.75, 3.05) is 59.4 Å². The van der Waals surface area contributed by atoms with E-state index in [1.165, 1.54) is 6.42 Å². The Kier molecular flexibility index (Phi) is 9.40. The van der Waals surface area contributed by atoms with Crippen molar-refractivity contribution in [3.8, 4) is 0 Å². The lowest BCUT2D eigenvalue weighted by Gasteiger charge is -2.37. The zero-order valence-corrected chi connectivity index (χ0v) is 18.6. The van der Waals surface area contributed by atoms with Crippen molar-refractivity contribution in [2.45, 2.75) is 25.7 Å². The molecule has 0 aliphatic carbocycles. The van der Waals surface area contributed by atoms with E-state index in [1.807, 2.05) is 24.1 Å². The molecule has 0 spiro atoms. The largest absolute Gasteiger partial charge is 0.469 e. The van der Waals surface area contributed by atoms with Gasteiger partial charge in [-0.3, -0.25) is 14.7 Å². The van der Waals surface area contributed by atoms with E-state index in [4.69, 9.17) is 4.42 Å². The van der Waals surface area contributed by atoms with E-state index >= 15 is 0 Å². The lowest BCUT2D eigenvalue weighted by molar-refractivity contribution is -0.133. The Balaban J connectivity index is 0.00000261. The highest BCUT2D eigenvalue weighted by Crippen LogP contribution is 2.10. The number of hydrogen-bond acceptors (Lipinski definition) is 4. The van der Waals surface area contributed by atoms with Crippen LogP contribution in [0.15, 0.2) is 27.8 Å². The van der Waals surface area contributed by atoms with E-state index in [1.54, 1.807) is 6.26 Å². The Morgan fingerprint density at radius 2 is 1.85 bits per heavy atom. The van der Waals surface area contributed by atoms with Gasteiger partial charge in [0, 0.05) is 59.3 Å². The Labute approximate surface area is 179 Å². The fourth-order valence-electron chi connectivity index (χ4n) is 3.64. The molecule has 3 rings (SSSR count). The molecule has 1 aromatic rings. The third kappa shape index (κ3) is 6.67. The van der Waals surface area contributed by atoms with E-state index in [0.717, 1.165) is 76.8 Å². The molecule has 1 amide bonds. The molecule has 3 heterocycles. The van der Waals surface area contributed by atoms with Crippen LogP contribution < -0.4 is 5.32 Å². The normalized spacial score (nSPS) is 18.9. The minimum atomic E-state index is 0. The second-order valence-electron chi connectivity index (χ2n) is 7.01. The monoisotopic (exact) mass is 489 g/mol. The molecule has 2 saturated heterocycles. The van der Waals surface area contributed by atoms with Crippen molar-refractivity contribution in [1.29, 1.82) is 0 Å². The van der Waals surface area contributed by atoms with Crippen molar-refractivity contribution in [3.05, 3.63) is 24.2 Å². The van der Waals surface area contributed by atoms with E-state index in [-0.39, 0.29) is 24.0 Å². The molecule has 27 heavy (non-hydrogen) atoms. The number of aliphatic imine (C=N–C) groups is 1. The summed E-state index contributed by atoms with van der Waals surface area (Å²) in [5.41, 5.74) is 0. The highest BCUT2D eigenvalue weighted by molar-refractivity contribution is 14.0. The average Bonchev–Trinajstić information content (AvgIpc) is 3.20. The van der Waals surface area contributed by atoms with Gasteiger partial charge in [0.1, 0.15) is 5.76 Å². The van der Waals surface area contributed by atoms with Gasteiger partial charge in [-0.05, 0) is 31.4 Å². The average molecular weight is 489 g/mol. The maximum atomic E-state index is 12.4. The van der Waals surface area contributed by atoms with Crippen molar-refractivity contribution in [2.24, 2.45) is 4.99 Å². The summed E-state index contributed by atoms with van der Waals surface area (Å²) >= 11 is 0. The van der Waals surface area contributed by atoms with Gasteiger partial charge in [0.25, 0.3) is 0 Å². The Bertz CT molecular complexity index is 579. The molecule has 2 aliphatic heterocycles. The number of nitrogens with one attached hydrogen (secondary N) is 1. The van der Waals surface area contributed by atoms with Crippen molar-refractivity contribution in [1.82, 2.24) is 20.0 Å². The number of guanidine groups is 1. The number of halogens is 1. The van der Waals surface area contributed by atoms with Crippen LogP contribution in [0, 0.1) is 0 Å². The highest BCUT2D eigenvalue weighted by atomic mass is 127. The van der Waals surface area contributed by atoms with Crippen LogP contribution in [0.3, 0.4) is 0 Å². The zero-order chi connectivity index (χ0) is 18.2. The fraction of sp³-hybridized carbons (Fsp3) is 0.684. The van der Waals surface area contributed by atoms with Gasteiger partial charge in [-0.2, -0.15) is 0 Å². The van der Waals surface area contributed by atoms with Gasteiger partial charge in [0.05, 0.1) is 12.8 Å². The summed E-state index contributed by atoms with van der Waals surface area (Å²) in [5.74, 6) is 2.20. The quantitative estimate of drug-likeness (QED) is 0.387. The number of carbonyl (C=O) groups excluding carboxylic acids is 1. The molecule has 0 atom stereocenters. The number of piperazine rings is 1. The minimum Gasteiger partial charge on any atom is -0.469 e. The van der Waals surface area contributed by atoms with Crippen LogP contribution in [-0.2, 0) is 11.2 Å². The SMILES string of the molecule is CN=C(NCCc1ccco1)N1CCN(CC(=O)N2CCCCC2)CC1.I. The summed E-state index contributed by atoms with van der Waals surface area (Å²) in [6.45, 7) is 6.82. The second kappa shape index (κ2) is 11.5. The molecule has 2 aliphatic rings. The van der Waals surface area contributed by atoms with Gasteiger partial charge in [-0.15, -0.1) is 24.0 Å². The standard InChI is InChI=1S/C19H31N5O2.HI/c1-20-19(21-8-7-17-6-5-15-26-17)24-13-11-22(12-14-24)16-18(25)23-9-3-2-4-10-23;/h5-6,15H,2-4,7-14,16H2,1H3,(H,20,21);1H. The van der Waals surface area contributed by atoms with Crippen LogP contribution in [0.5, 0.6) is 0 Å². The number of nitrogens with zero attached hydrogens (tertiary/aromatic N) is 4. The Morgan fingerprint density at radius 1 is 1.11 bits per heavy atom. The first-order valence-corrected chi connectivity index (χ1v) is 9.74. The number of rotatable bonds is 5. The van der Waals surface area contributed by atoms with E-state index in [0.29, 0.717) is 12.5 Å². The van der Waals surface area contributed by atoms with Crippen molar-refractivity contribution >= 4 is 35.8 Å². The number of piperidine rings is 1. The van der Waals surface area contributed by atoms with Crippen molar-refractivity contribution in [3.63, 3.8) is 0 Å². The summed E-state index contributed by atoms with van der Waals surface area (Å²) in [7, 11) is 1.82. The minimum absolute atomic E-state index is 0. The van der Waals surface area contributed by atoms with Crippen LogP contribution in [0.2, 0.25) is 0 Å². The van der Waals surface area contributed by atoms with Crippen LogP contribution in [0.25, 0.3) is 0 Å². The molecule has 0 radical (unpaired) electrons. The van der Waals surface area contributed by atoms with E-state index in [2.05, 4.69) is 20.1 Å². The predicted octanol–water partition coefficient (Wildman–Crippen LogP) is 1.65. The first-order chi connectivity index (χ1) is 12.8. The maximum Gasteiger partial charge on any atom is 0.236 e. The molecule has 7 nitrogen and oxygen atoms in total. The molecular formula is C19H32IN5O2. The number of amides is 1. The molecule has 1 aromatic heterocycles. The first kappa shape index (κ1) is 22.0. The van der Waals surface area contributed by atoms with Gasteiger partial charge in [-0.1, -0.05) is 0 Å². The molecule has 152 valence electrons. The Hall–Kier alpha value is -1.29. The fourth-order valence-corrected chi connectivity index (χ4v) is 3.64. The van der Waals surface area contributed by atoms with Gasteiger partial charge in [0.15, 0.2) is 5.96 Å². The number of carbonyl (C=O) groups is 1. The molecule has 0 bridgehead atoms. The maximum absolute atomic E-state index is 12.4. The third-order valence-corrected chi connectivity index (χ3v) is 5.19. The van der Waals surface area contributed by atoms with Crippen LogP contribution in [0.1, 0.15) is 25.0 Å². The number of hydrogen-bond donors (Lipinski definition) is 1. The van der Waals surface area contributed by atoms with Crippen molar-refractivity contribution < 1.29 is 9.21 Å². The van der Waals surface area contributed by atoms with Gasteiger partial charge in [0.2, 0.25) is 5.91 Å². The number of likely N-dealkylation sites (tertiary alicyclic amines) is 1. The second-order valence-corrected chi connectivity index (χ2v) is 7.01. The molecule has 0 aromatic carbocycles. The summed E-state index contributed by atoms with van der Waals surface area (Å²) in [5, 5.41) is 3.41.